The van der Waals surface area contributed by atoms with Gasteiger partial charge in [0.1, 0.15) is 4.90 Å². The molecule has 0 unspecified atom stereocenters. The summed E-state index contributed by atoms with van der Waals surface area (Å²) in [5, 5.41) is 6.82. The van der Waals surface area contributed by atoms with Crippen LogP contribution in [0, 0.1) is 0 Å². The fraction of sp³-hybridized carbons (Fsp3) is 0.136. The number of hydrogen-bond donors (Lipinski definition) is 0. The first-order valence-corrected chi connectivity index (χ1v) is 10.9. The molecule has 4 rings (SSSR count). The van der Waals surface area contributed by atoms with Gasteiger partial charge < -0.3 is 4.18 Å². The Morgan fingerprint density at radius 2 is 1.69 bits per heavy atom. The zero-order valence-electron chi connectivity index (χ0n) is 15.9. The molecule has 0 spiro atoms. The Morgan fingerprint density at radius 3 is 2.41 bits per heavy atom. The van der Waals surface area contributed by atoms with E-state index in [0.29, 0.717) is 16.4 Å². The highest BCUT2D eigenvalue weighted by Crippen LogP contribution is 2.28. The third-order valence-corrected chi connectivity index (χ3v) is 6.00. The Bertz CT molecular complexity index is 1300. The molecule has 0 aliphatic heterocycles. The van der Waals surface area contributed by atoms with E-state index in [0.717, 1.165) is 10.8 Å². The van der Waals surface area contributed by atoms with E-state index in [4.69, 9.17) is 15.8 Å². The van der Waals surface area contributed by atoms with Crippen LogP contribution in [-0.2, 0) is 10.1 Å². The van der Waals surface area contributed by atoms with Gasteiger partial charge >= 0.3 is 10.1 Å². The Labute approximate surface area is 174 Å². The lowest BCUT2D eigenvalue weighted by Gasteiger charge is -2.10. The average Bonchev–Trinajstić information content (AvgIpc) is 3.11. The molecule has 0 aliphatic carbocycles. The zero-order valence-corrected chi connectivity index (χ0v) is 17.5. The van der Waals surface area contributed by atoms with E-state index >= 15 is 0 Å². The van der Waals surface area contributed by atoms with E-state index in [-0.39, 0.29) is 16.7 Å². The second kappa shape index (κ2) is 7.54. The largest absolute Gasteiger partial charge is 0.358 e. The van der Waals surface area contributed by atoms with Gasteiger partial charge in [0.15, 0.2) is 0 Å². The molecule has 7 heteroatoms. The number of rotatable bonds is 5. The third-order valence-electron chi connectivity index (χ3n) is 4.54. The van der Waals surface area contributed by atoms with Crippen molar-refractivity contribution in [2.75, 3.05) is 0 Å². The molecule has 0 N–H and O–H groups in total. The summed E-state index contributed by atoms with van der Waals surface area (Å²) in [6, 6.07) is 21.1. The quantitative estimate of drug-likeness (QED) is 0.391. The lowest BCUT2D eigenvalue weighted by atomic mass is 10.1. The Morgan fingerprint density at radius 1 is 0.931 bits per heavy atom. The van der Waals surface area contributed by atoms with Crippen molar-refractivity contribution in [1.82, 2.24) is 9.78 Å². The van der Waals surface area contributed by atoms with Crippen molar-refractivity contribution in [1.29, 1.82) is 0 Å². The van der Waals surface area contributed by atoms with E-state index in [9.17, 15) is 8.42 Å². The molecule has 1 aromatic heterocycles. The van der Waals surface area contributed by atoms with Crippen LogP contribution in [0.3, 0.4) is 0 Å². The smallest absolute Gasteiger partial charge is 0.340 e. The van der Waals surface area contributed by atoms with Gasteiger partial charge in [-0.2, -0.15) is 18.2 Å². The summed E-state index contributed by atoms with van der Waals surface area (Å²) in [7, 11) is -4.05. The number of halogens is 1. The van der Waals surface area contributed by atoms with Gasteiger partial charge in [0.2, 0.25) is 5.88 Å². The normalized spacial score (nSPS) is 11.9. The number of benzene rings is 3. The van der Waals surface area contributed by atoms with Crippen molar-refractivity contribution in [3.63, 3.8) is 0 Å². The van der Waals surface area contributed by atoms with E-state index in [2.05, 4.69) is 5.10 Å². The van der Waals surface area contributed by atoms with Gasteiger partial charge in [0.25, 0.3) is 0 Å². The van der Waals surface area contributed by atoms with Crippen molar-refractivity contribution < 1.29 is 12.6 Å². The van der Waals surface area contributed by atoms with Crippen LogP contribution in [-0.4, -0.2) is 18.2 Å². The average molecular weight is 427 g/mol. The second-order valence-corrected chi connectivity index (χ2v) is 8.98. The molecule has 0 saturated heterocycles. The van der Waals surface area contributed by atoms with Gasteiger partial charge in [-0.15, -0.1) is 0 Å². The topological polar surface area (TPSA) is 61.2 Å². The zero-order chi connectivity index (χ0) is 20.6. The van der Waals surface area contributed by atoms with Crippen molar-refractivity contribution >= 4 is 32.5 Å². The van der Waals surface area contributed by atoms with Gasteiger partial charge in [0.05, 0.1) is 11.4 Å². The molecule has 0 atom stereocenters. The summed E-state index contributed by atoms with van der Waals surface area (Å²) in [4.78, 5) is 0.0844. The van der Waals surface area contributed by atoms with Gasteiger partial charge in [0, 0.05) is 11.1 Å². The Kier molecular flexibility index (Phi) is 5.06. The van der Waals surface area contributed by atoms with Crippen molar-refractivity contribution in [2.24, 2.45) is 0 Å². The van der Waals surface area contributed by atoms with E-state index in [1.54, 1.807) is 48.5 Å². The van der Waals surface area contributed by atoms with Gasteiger partial charge in [-0.25, -0.2) is 0 Å². The summed E-state index contributed by atoms with van der Waals surface area (Å²) in [5.41, 5.74) is 1.33. The predicted molar refractivity (Wildman–Crippen MR) is 114 cm³/mol. The first-order chi connectivity index (χ1) is 13.8. The standard InChI is InChI=1S/C22H19ClN2O3S/c1-15(2)21-14-22(25(24-21)19-9-5-8-18(23)13-19)28-29(26,27)20-11-10-16-6-3-4-7-17(16)12-20/h3-15H,1-2H3. The highest BCUT2D eigenvalue weighted by molar-refractivity contribution is 7.87. The predicted octanol–water partition coefficient (Wildman–Crippen LogP) is 5.57. The molecule has 4 aromatic rings. The molecular formula is C22H19ClN2O3S. The van der Waals surface area contributed by atoms with Crippen LogP contribution in [0.4, 0.5) is 0 Å². The molecule has 1 heterocycles. The minimum Gasteiger partial charge on any atom is -0.358 e. The minimum absolute atomic E-state index is 0.0844. The molecule has 5 nitrogen and oxygen atoms in total. The number of fused-ring (bicyclic) bond motifs is 1. The van der Waals surface area contributed by atoms with Crippen molar-refractivity contribution in [3.8, 4) is 11.6 Å². The highest BCUT2D eigenvalue weighted by atomic mass is 35.5. The van der Waals surface area contributed by atoms with E-state index in [1.807, 2.05) is 38.1 Å². The number of nitrogens with zero attached hydrogens (tertiary/aromatic N) is 2. The maximum Gasteiger partial charge on any atom is 0.340 e. The van der Waals surface area contributed by atoms with E-state index in [1.165, 1.54) is 4.68 Å². The first kappa shape index (κ1) is 19.5. The summed E-state index contributed by atoms with van der Waals surface area (Å²) in [6.45, 7) is 3.96. The first-order valence-electron chi connectivity index (χ1n) is 9.13. The van der Waals surface area contributed by atoms with Gasteiger partial charge in [-0.05, 0) is 47.0 Å². The molecule has 0 aliphatic rings. The maximum atomic E-state index is 13.0. The summed E-state index contributed by atoms with van der Waals surface area (Å²) >= 11 is 6.10. The minimum atomic E-state index is -4.05. The van der Waals surface area contributed by atoms with Crippen LogP contribution < -0.4 is 4.18 Å². The molecule has 0 fully saturated rings. The molecule has 3 aromatic carbocycles. The lowest BCUT2D eigenvalue weighted by Crippen LogP contribution is -2.12. The van der Waals surface area contributed by atoms with Gasteiger partial charge in [-0.1, -0.05) is 61.8 Å². The summed E-state index contributed by atoms with van der Waals surface area (Å²) in [5.74, 6) is 0.213. The number of hydrogen-bond acceptors (Lipinski definition) is 4. The van der Waals surface area contributed by atoms with Crippen LogP contribution in [0.1, 0.15) is 25.5 Å². The van der Waals surface area contributed by atoms with Crippen LogP contribution in [0.25, 0.3) is 16.5 Å². The molecule has 0 radical (unpaired) electrons. The second-order valence-electron chi connectivity index (χ2n) is 7.00. The maximum absolute atomic E-state index is 13.0. The monoisotopic (exact) mass is 426 g/mol. The highest BCUT2D eigenvalue weighted by Gasteiger charge is 2.22. The Balaban J connectivity index is 1.77. The SMILES string of the molecule is CC(C)c1cc(OS(=O)(=O)c2ccc3ccccc3c2)n(-c2cccc(Cl)c2)n1. The summed E-state index contributed by atoms with van der Waals surface area (Å²) < 4.78 is 33.0. The van der Waals surface area contributed by atoms with Crippen LogP contribution in [0.5, 0.6) is 5.88 Å². The molecule has 0 saturated carbocycles. The molecule has 0 amide bonds. The van der Waals surface area contributed by atoms with Crippen LogP contribution >= 0.6 is 11.6 Å². The third kappa shape index (κ3) is 3.99. The van der Waals surface area contributed by atoms with Crippen LogP contribution in [0.2, 0.25) is 5.02 Å². The molecule has 148 valence electrons. The number of aromatic nitrogens is 2. The lowest BCUT2D eigenvalue weighted by molar-refractivity contribution is 0.465. The fourth-order valence-corrected chi connectivity index (χ4v) is 4.13. The fourth-order valence-electron chi connectivity index (χ4n) is 3.00. The Hall–Kier alpha value is -2.83. The van der Waals surface area contributed by atoms with Crippen molar-refractivity contribution in [3.05, 3.63) is 83.5 Å². The molecule has 0 bridgehead atoms. The van der Waals surface area contributed by atoms with E-state index < -0.39 is 10.1 Å². The molecular weight excluding hydrogens is 408 g/mol. The van der Waals surface area contributed by atoms with Gasteiger partial charge in [-0.3, -0.25) is 0 Å². The van der Waals surface area contributed by atoms with Crippen LogP contribution in [0.15, 0.2) is 77.7 Å². The summed E-state index contributed by atoms with van der Waals surface area (Å²) in [6.07, 6.45) is 0. The van der Waals surface area contributed by atoms with Crippen molar-refractivity contribution in [2.45, 2.75) is 24.7 Å². The molecule has 29 heavy (non-hydrogen) atoms.